The van der Waals surface area contributed by atoms with E-state index in [9.17, 15) is 10.1 Å². The Morgan fingerprint density at radius 3 is 2.28 bits per heavy atom. The first-order valence-corrected chi connectivity index (χ1v) is 10.1. The summed E-state index contributed by atoms with van der Waals surface area (Å²) in [5.74, 6) is 1.90. The molecule has 0 radical (unpaired) electrons. The fourth-order valence-corrected chi connectivity index (χ4v) is 3.67. The topological polar surface area (TPSA) is 106 Å². The zero-order chi connectivity index (χ0) is 22.5. The van der Waals surface area contributed by atoms with Crippen LogP contribution in [0.5, 0.6) is 11.5 Å². The molecule has 1 aromatic heterocycles. The van der Waals surface area contributed by atoms with Crippen LogP contribution < -0.4 is 24.6 Å². The van der Waals surface area contributed by atoms with Crippen molar-refractivity contribution in [3.8, 4) is 11.5 Å². The molecule has 166 valence electrons. The number of aromatic nitrogens is 2. The summed E-state index contributed by atoms with van der Waals surface area (Å²) in [7, 11) is 3.20. The van der Waals surface area contributed by atoms with Crippen LogP contribution in [0, 0.1) is 10.1 Å². The molecule has 0 saturated carbocycles. The average Bonchev–Trinajstić information content (AvgIpc) is 2.84. The third-order valence-electron chi connectivity index (χ3n) is 5.33. The third-order valence-corrected chi connectivity index (χ3v) is 5.33. The molecule has 0 aliphatic carbocycles. The first-order valence-electron chi connectivity index (χ1n) is 10.1. The molecule has 0 bridgehead atoms. The van der Waals surface area contributed by atoms with Gasteiger partial charge in [0, 0.05) is 43.6 Å². The van der Waals surface area contributed by atoms with Gasteiger partial charge in [-0.3, -0.25) is 10.1 Å². The summed E-state index contributed by atoms with van der Waals surface area (Å²) in [5.41, 5.74) is 1.58. The van der Waals surface area contributed by atoms with Crippen LogP contribution in [-0.2, 0) is 0 Å². The Hall–Kier alpha value is -4.08. The van der Waals surface area contributed by atoms with Gasteiger partial charge < -0.3 is 24.6 Å². The zero-order valence-corrected chi connectivity index (χ0v) is 17.9. The minimum Gasteiger partial charge on any atom is -0.497 e. The summed E-state index contributed by atoms with van der Waals surface area (Å²) in [6, 6.07) is 15.0. The van der Waals surface area contributed by atoms with Crippen molar-refractivity contribution in [2.75, 3.05) is 55.5 Å². The van der Waals surface area contributed by atoms with E-state index in [1.165, 1.54) is 6.33 Å². The number of nitrogens with zero attached hydrogens (tertiary/aromatic N) is 5. The van der Waals surface area contributed by atoms with Crippen molar-refractivity contribution < 1.29 is 14.4 Å². The van der Waals surface area contributed by atoms with Crippen LogP contribution in [0.1, 0.15) is 0 Å². The molecule has 0 atom stereocenters. The highest BCUT2D eigenvalue weighted by Gasteiger charge is 2.29. The molecular formula is C22H24N6O4. The van der Waals surface area contributed by atoms with Gasteiger partial charge in [-0.15, -0.1) is 0 Å². The second kappa shape index (κ2) is 9.38. The van der Waals surface area contributed by atoms with Gasteiger partial charge in [-0.1, -0.05) is 6.07 Å². The summed E-state index contributed by atoms with van der Waals surface area (Å²) in [5, 5.41) is 15.0. The second-order valence-corrected chi connectivity index (χ2v) is 7.18. The Labute approximate surface area is 185 Å². The molecule has 1 aliphatic rings. The summed E-state index contributed by atoms with van der Waals surface area (Å²) in [4.78, 5) is 24.1. The lowest BCUT2D eigenvalue weighted by atomic mass is 10.2. The smallest absolute Gasteiger partial charge is 0.353 e. The van der Waals surface area contributed by atoms with Crippen molar-refractivity contribution in [2.24, 2.45) is 0 Å². The van der Waals surface area contributed by atoms with Crippen LogP contribution in [0.4, 0.5) is 28.7 Å². The molecule has 0 unspecified atom stereocenters. The first kappa shape index (κ1) is 21.2. The lowest BCUT2D eigenvalue weighted by Crippen LogP contribution is -2.47. The van der Waals surface area contributed by atoms with E-state index in [1.807, 2.05) is 29.2 Å². The molecule has 10 heteroatoms. The van der Waals surface area contributed by atoms with Crippen LogP contribution in [0.15, 0.2) is 54.9 Å². The predicted molar refractivity (Wildman–Crippen MR) is 122 cm³/mol. The molecule has 1 saturated heterocycles. The molecule has 0 amide bonds. The highest BCUT2D eigenvalue weighted by Crippen LogP contribution is 2.35. The van der Waals surface area contributed by atoms with E-state index in [0.29, 0.717) is 43.4 Å². The highest BCUT2D eigenvalue weighted by molar-refractivity contribution is 5.75. The standard InChI is InChI=1S/C22H24N6O4/c1-31-18-8-6-17(7-9-18)26-10-12-27(13-11-26)22-20(28(29)30)21(23-15-24-22)25-16-4-3-5-19(14-16)32-2/h3-9,14-15H,10-13H2,1-2H3,(H,23,24,25). The van der Waals surface area contributed by atoms with Gasteiger partial charge in [-0.2, -0.15) is 0 Å². The molecule has 10 nitrogen and oxygen atoms in total. The Kier molecular flexibility index (Phi) is 6.20. The Balaban J connectivity index is 1.53. The maximum atomic E-state index is 12.0. The summed E-state index contributed by atoms with van der Waals surface area (Å²) in [6.45, 7) is 2.63. The van der Waals surface area contributed by atoms with E-state index in [4.69, 9.17) is 9.47 Å². The maximum absolute atomic E-state index is 12.0. The van der Waals surface area contributed by atoms with E-state index in [2.05, 4.69) is 20.2 Å². The summed E-state index contributed by atoms with van der Waals surface area (Å²) < 4.78 is 10.4. The number of anilines is 4. The fraction of sp³-hybridized carbons (Fsp3) is 0.273. The zero-order valence-electron chi connectivity index (χ0n) is 17.9. The number of rotatable bonds is 7. The third kappa shape index (κ3) is 4.48. The molecule has 1 fully saturated rings. The van der Waals surface area contributed by atoms with E-state index < -0.39 is 4.92 Å². The van der Waals surface area contributed by atoms with Crippen LogP contribution in [0.2, 0.25) is 0 Å². The highest BCUT2D eigenvalue weighted by atomic mass is 16.6. The van der Waals surface area contributed by atoms with Crippen molar-refractivity contribution in [1.82, 2.24) is 9.97 Å². The van der Waals surface area contributed by atoms with Crippen molar-refractivity contribution in [1.29, 1.82) is 0 Å². The number of methoxy groups -OCH3 is 2. The average molecular weight is 436 g/mol. The van der Waals surface area contributed by atoms with Crippen molar-refractivity contribution in [3.63, 3.8) is 0 Å². The van der Waals surface area contributed by atoms with Gasteiger partial charge in [-0.25, -0.2) is 9.97 Å². The van der Waals surface area contributed by atoms with Gasteiger partial charge >= 0.3 is 5.69 Å². The lowest BCUT2D eigenvalue weighted by Gasteiger charge is -2.36. The number of nitrogens with one attached hydrogen (secondary N) is 1. The van der Waals surface area contributed by atoms with E-state index in [-0.39, 0.29) is 11.5 Å². The molecular weight excluding hydrogens is 412 g/mol. The fourth-order valence-electron chi connectivity index (χ4n) is 3.67. The molecule has 1 N–H and O–H groups in total. The van der Waals surface area contributed by atoms with Gasteiger partial charge in [0.15, 0.2) is 0 Å². The number of piperazine rings is 1. The lowest BCUT2D eigenvalue weighted by molar-refractivity contribution is -0.383. The van der Waals surface area contributed by atoms with Crippen molar-refractivity contribution in [3.05, 3.63) is 65.0 Å². The van der Waals surface area contributed by atoms with Gasteiger partial charge in [-0.05, 0) is 36.4 Å². The molecule has 1 aliphatic heterocycles. The number of hydrogen-bond donors (Lipinski definition) is 1. The number of benzene rings is 2. The Morgan fingerprint density at radius 2 is 1.62 bits per heavy atom. The monoisotopic (exact) mass is 436 g/mol. The predicted octanol–water partition coefficient (Wildman–Crippen LogP) is 3.47. The minimum absolute atomic E-state index is 0.144. The van der Waals surface area contributed by atoms with Crippen LogP contribution in [-0.4, -0.2) is 55.3 Å². The minimum atomic E-state index is -0.437. The van der Waals surface area contributed by atoms with E-state index >= 15 is 0 Å². The van der Waals surface area contributed by atoms with Gasteiger partial charge in [0.05, 0.1) is 19.1 Å². The van der Waals surface area contributed by atoms with Crippen molar-refractivity contribution in [2.45, 2.75) is 0 Å². The van der Waals surface area contributed by atoms with Gasteiger partial charge in [0.2, 0.25) is 11.6 Å². The van der Waals surface area contributed by atoms with Crippen LogP contribution in [0.25, 0.3) is 0 Å². The van der Waals surface area contributed by atoms with Gasteiger partial charge in [0.25, 0.3) is 0 Å². The van der Waals surface area contributed by atoms with E-state index in [0.717, 1.165) is 11.4 Å². The van der Waals surface area contributed by atoms with Crippen molar-refractivity contribution >= 4 is 28.7 Å². The largest absolute Gasteiger partial charge is 0.497 e. The quantitative estimate of drug-likeness (QED) is 0.440. The maximum Gasteiger partial charge on any atom is 0.353 e. The molecule has 0 spiro atoms. The molecule has 2 aromatic carbocycles. The van der Waals surface area contributed by atoms with E-state index in [1.54, 1.807) is 38.5 Å². The molecule has 2 heterocycles. The second-order valence-electron chi connectivity index (χ2n) is 7.18. The summed E-state index contributed by atoms with van der Waals surface area (Å²) >= 11 is 0. The number of hydrogen-bond acceptors (Lipinski definition) is 9. The van der Waals surface area contributed by atoms with Crippen LogP contribution >= 0.6 is 0 Å². The Morgan fingerprint density at radius 1 is 0.938 bits per heavy atom. The number of nitro groups is 1. The SMILES string of the molecule is COc1ccc(N2CCN(c3ncnc(Nc4cccc(OC)c4)c3[N+](=O)[O-])CC2)cc1. The Bertz CT molecular complexity index is 1080. The normalized spacial score (nSPS) is 13.6. The number of ether oxygens (including phenoxy) is 2. The molecule has 32 heavy (non-hydrogen) atoms. The van der Waals surface area contributed by atoms with Gasteiger partial charge in [0.1, 0.15) is 17.8 Å². The summed E-state index contributed by atoms with van der Waals surface area (Å²) in [6.07, 6.45) is 1.35. The van der Waals surface area contributed by atoms with Crippen LogP contribution in [0.3, 0.4) is 0 Å². The molecule has 3 aromatic rings. The first-order chi connectivity index (χ1) is 15.6. The molecule has 4 rings (SSSR count).